The van der Waals surface area contributed by atoms with Crippen LogP contribution in [0.15, 0.2) is 48.5 Å². The molecule has 4 N–H and O–H groups in total. The van der Waals surface area contributed by atoms with E-state index in [-0.39, 0.29) is 12.3 Å². The first-order chi connectivity index (χ1) is 12.4. The number of carbonyl (C=O) groups is 3. The van der Waals surface area contributed by atoms with E-state index in [2.05, 4.69) is 10.6 Å². The third-order valence-electron chi connectivity index (χ3n) is 3.67. The maximum Gasteiger partial charge on any atom is 0.252 e. The van der Waals surface area contributed by atoms with Crippen LogP contribution in [0.2, 0.25) is 0 Å². The van der Waals surface area contributed by atoms with Crippen molar-refractivity contribution in [2.75, 3.05) is 12.4 Å². The number of benzene rings is 2. The van der Waals surface area contributed by atoms with Gasteiger partial charge in [0, 0.05) is 24.6 Å². The molecule has 0 aliphatic carbocycles. The van der Waals surface area contributed by atoms with Crippen molar-refractivity contribution in [1.29, 1.82) is 0 Å². The molecule has 0 unspecified atom stereocenters. The van der Waals surface area contributed by atoms with Crippen molar-refractivity contribution in [3.05, 3.63) is 59.7 Å². The average molecular weight is 355 g/mol. The van der Waals surface area contributed by atoms with E-state index in [1.807, 2.05) is 6.07 Å². The van der Waals surface area contributed by atoms with Crippen LogP contribution in [-0.2, 0) is 16.0 Å². The summed E-state index contributed by atoms with van der Waals surface area (Å²) in [4.78, 5) is 35.3. The van der Waals surface area contributed by atoms with Gasteiger partial charge in [0.1, 0.15) is 11.8 Å². The molecule has 3 amide bonds. The quantitative estimate of drug-likeness (QED) is 0.698. The van der Waals surface area contributed by atoms with Gasteiger partial charge in [-0.3, -0.25) is 14.4 Å². The van der Waals surface area contributed by atoms with Gasteiger partial charge in [-0.15, -0.1) is 0 Å². The molecule has 0 saturated carbocycles. The van der Waals surface area contributed by atoms with Gasteiger partial charge in [-0.25, -0.2) is 0 Å². The number of anilines is 1. The Balaban J connectivity index is 2.12. The first-order valence-corrected chi connectivity index (χ1v) is 8.00. The summed E-state index contributed by atoms with van der Waals surface area (Å²) in [6, 6.07) is 12.7. The minimum atomic E-state index is -0.876. The Bertz CT molecular complexity index is 820. The third-order valence-corrected chi connectivity index (χ3v) is 3.67. The summed E-state index contributed by atoms with van der Waals surface area (Å²) in [6.07, 6.45) is 0.240. The predicted octanol–water partition coefficient (Wildman–Crippen LogP) is 1.48. The molecule has 2 aromatic carbocycles. The molecular weight excluding hydrogens is 334 g/mol. The number of carbonyl (C=O) groups excluding carboxylic acids is 3. The van der Waals surface area contributed by atoms with E-state index in [0.717, 1.165) is 5.56 Å². The second-order valence-electron chi connectivity index (χ2n) is 5.75. The number of ether oxygens (including phenoxy) is 1. The topological polar surface area (TPSA) is 111 Å². The van der Waals surface area contributed by atoms with Gasteiger partial charge in [0.05, 0.1) is 7.11 Å². The van der Waals surface area contributed by atoms with Gasteiger partial charge in [-0.1, -0.05) is 18.2 Å². The third kappa shape index (κ3) is 5.34. The molecule has 2 rings (SSSR count). The van der Waals surface area contributed by atoms with Gasteiger partial charge >= 0.3 is 0 Å². The fourth-order valence-corrected chi connectivity index (χ4v) is 2.44. The summed E-state index contributed by atoms with van der Waals surface area (Å²) in [6.45, 7) is 1.38. The van der Waals surface area contributed by atoms with Gasteiger partial charge in [-0.2, -0.15) is 0 Å². The van der Waals surface area contributed by atoms with E-state index < -0.39 is 17.9 Å². The lowest BCUT2D eigenvalue weighted by molar-refractivity contribution is -0.119. The number of amides is 3. The van der Waals surface area contributed by atoms with E-state index in [9.17, 15) is 14.4 Å². The molecule has 7 nitrogen and oxygen atoms in total. The highest BCUT2D eigenvalue weighted by Gasteiger charge is 2.20. The highest BCUT2D eigenvalue weighted by Crippen LogP contribution is 2.15. The maximum absolute atomic E-state index is 12.5. The predicted molar refractivity (Wildman–Crippen MR) is 97.9 cm³/mol. The van der Waals surface area contributed by atoms with Crippen LogP contribution >= 0.6 is 0 Å². The van der Waals surface area contributed by atoms with Gasteiger partial charge in [0.2, 0.25) is 11.8 Å². The second kappa shape index (κ2) is 8.66. The van der Waals surface area contributed by atoms with Crippen molar-refractivity contribution in [2.24, 2.45) is 5.73 Å². The summed E-state index contributed by atoms with van der Waals surface area (Å²) < 4.78 is 5.15. The lowest BCUT2D eigenvalue weighted by Gasteiger charge is -2.16. The molecule has 0 saturated heterocycles. The largest absolute Gasteiger partial charge is 0.497 e. The van der Waals surface area contributed by atoms with Crippen LogP contribution in [0.1, 0.15) is 22.8 Å². The van der Waals surface area contributed by atoms with Crippen molar-refractivity contribution in [1.82, 2.24) is 5.32 Å². The number of nitrogens with one attached hydrogen (secondary N) is 2. The fourth-order valence-electron chi connectivity index (χ4n) is 2.44. The Morgan fingerprint density at radius 1 is 1.12 bits per heavy atom. The minimum absolute atomic E-state index is 0.240. The van der Waals surface area contributed by atoms with Crippen LogP contribution in [0.5, 0.6) is 5.75 Å². The lowest BCUT2D eigenvalue weighted by Crippen LogP contribution is -2.45. The molecule has 0 aromatic heterocycles. The van der Waals surface area contributed by atoms with Crippen molar-refractivity contribution in [3.63, 3.8) is 0 Å². The molecule has 1 atom stereocenters. The first-order valence-electron chi connectivity index (χ1n) is 8.00. The number of hydrogen-bond donors (Lipinski definition) is 3. The Kier molecular flexibility index (Phi) is 6.32. The number of nitrogens with two attached hydrogens (primary N) is 1. The van der Waals surface area contributed by atoms with E-state index in [1.54, 1.807) is 43.5 Å². The van der Waals surface area contributed by atoms with E-state index >= 15 is 0 Å². The number of methoxy groups -OCH3 is 1. The molecule has 2 aromatic rings. The zero-order valence-corrected chi connectivity index (χ0v) is 14.6. The lowest BCUT2D eigenvalue weighted by atomic mass is 10.0. The SMILES string of the molecule is COc1cccc(C[C@H](NC(=O)c2cccc(NC(C)=O)c2)C(N)=O)c1. The standard InChI is InChI=1S/C19H21N3O4/c1-12(23)21-15-7-4-6-14(11-15)19(25)22-17(18(20)24)10-13-5-3-8-16(9-13)26-2/h3-9,11,17H,10H2,1-2H3,(H2,20,24)(H,21,23)(H,22,25)/t17-/m0/s1. The summed E-state index contributed by atoms with van der Waals surface area (Å²) in [7, 11) is 1.55. The average Bonchev–Trinajstić information content (AvgIpc) is 2.60. The summed E-state index contributed by atoms with van der Waals surface area (Å²) >= 11 is 0. The van der Waals surface area contributed by atoms with Crippen LogP contribution < -0.4 is 21.1 Å². The van der Waals surface area contributed by atoms with Gasteiger partial charge in [0.15, 0.2) is 0 Å². The van der Waals surface area contributed by atoms with Crippen LogP contribution in [-0.4, -0.2) is 30.9 Å². The Labute approximate surface area is 151 Å². The van der Waals surface area contributed by atoms with Crippen LogP contribution in [0, 0.1) is 0 Å². The van der Waals surface area contributed by atoms with E-state index in [1.165, 1.54) is 13.0 Å². The smallest absolute Gasteiger partial charge is 0.252 e. The van der Waals surface area contributed by atoms with Crippen LogP contribution in [0.4, 0.5) is 5.69 Å². The van der Waals surface area contributed by atoms with Gasteiger partial charge < -0.3 is 21.1 Å². The Hall–Kier alpha value is -3.35. The first kappa shape index (κ1) is 19.0. The molecular formula is C19H21N3O4. The number of rotatable bonds is 7. The molecule has 0 bridgehead atoms. The highest BCUT2D eigenvalue weighted by atomic mass is 16.5. The zero-order valence-electron chi connectivity index (χ0n) is 14.6. The van der Waals surface area contributed by atoms with Crippen molar-refractivity contribution < 1.29 is 19.1 Å². The molecule has 7 heteroatoms. The van der Waals surface area contributed by atoms with Gasteiger partial charge in [0.25, 0.3) is 5.91 Å². The van der Waals surface area contributed by atoms with Crippen LogP contribution in [0.3, 0.4) is 0 Å². The Morgan fingerprint density at radius 3 is 2.50 bits per heavy atom. The second-order valence-corrected chi connectivity index (χ2v) is 5.75. The summed E-state index contributed by atoms with van der Waals surface area (Å²) in [5.74, 6) is -0.682. The zero-order chi connectivity index (χ0) is 19.1. The molecule has 26 heavy (non-hydrogen) atoms. The molecule has 0 aliphatic heterocycles. The van der Waals surface area contributed by atoms with Crippen molar-refractivity contribution in [2.45, 2.75) is 19.4 Å². The van der Waals surface area contributed by atoms with Crippen molar-refractivity contribution in [3.8, 4) is 5.75 Å². The normalized spacial score (nSPS) is 11.3. The monoisotopic (exact) mass is 355 g/mol. The van der Waals surface area contributed by atoms with Gasteiger partial charge in [-0.05, 0) is 35.9 Å². The summed E-state index contributed by atoms with van der Waals surface area (Å²) in [5, 5.41) is 5.24. The molecule has 136 valence electrons. The van der Waals surface area contributed by atoms with E-state index in [0.29, 0.717) is 17.0 Å². The number of hydrogen-bond acceptors (Lipinski definition) is 4. The summed E-state index contributed by atoms with van der Waals surface area (Å²) in [5.41, 5.74) is 7.05. The van der Waals surface area contributed by atoms with Crippen molar-refractivity contribution >= 4 is 23.4 Å². The minimum Gasteiger partial charge on any atom is -0.497 e. The molecule has 0 radical (unpaired) electrons. The molecule has 0 aliphatic rings. The molecule has 0 fully saturated rings. The van der Waals surface area contributed by atoms with E-state index in [4.69, 9.17) is 10.5 Å². The molecule has 0 spiro atoms. The Morgan fingerprint density at radius 2 is 1.85 bits per heavy atom. The highest BCUT2D eigenvalue weighted by molar-refractivity contribution is 5.99. The fraction of sp³-hybridized carbons (Fsp3) is 0.211. The van der Waals surface area contributed by atoms with Crippen LogP contribution in [0.25, 0.3) is 0 Å². The number of primary amides is 1. The maximum atomic E-state index is 12.5. The molecule has 0 heterocycles.